The molecule has 0 saturated carbocycles. The molecular weight excluding hydrogens is 708 g/mol. The summed E-state index contributed by atoms with van der Waals surface area (Å²) in [6, 6.07) is 10.9. The Hall–Kier alpha value is -2.93. The van der Waals surface area contributed by atoms with Gasteiger partial charge >= 0.3 is 5.97 Å². The van der Waals surface area contributed by atoms with Crippen LogP contribution in [-0.4, -0.2) is 57.1 Å². The molecule has 3 aliphatic heterocycles. The molecule has 0 spiro atoms. The summed E-state index contributed by atoms with van der Waals surface area (Å²) in [5.74, 6) is 1.27. The summed E-state index contributed by atoms with van der Waals surface area (Å²) in [4.78, 5) is 46.3. The molecule has 5 heterocycles. The molecule has 1 saturated heterocycles. The number of carbonyl (C=O) groups is 1. The van der Waals surface area contributed by atoms with E-state index in [0.29, 0.717) is 42.2 Å². The summed E-state index contributed by atoms with van der Waals surface area (Å²) in [6.07, 6.45) is 5.36. The topological polar surface area (TPSA) is 126 Å². The molecule has 7 rings (SSSR count). The number of fused-ring (bicyclic) bond motifs is 4. The van der Waals surface area contributed by atoms with Gasteiger partial charge in [0.1, 0.15) is 11.6 Å². The van der Waals surface area contributed by atoms with E-state index in [1.807, 2.05) is 38.1 Å². The Morgan fingerprint density at radius 1 is 0.889 bits per heavy atom. The van der Waals surface area contributed by atoms with Crippen LogP contribution in [0.25, 0.3) is 21.8 Å². The highest BCUT2D eigenvalue weighted by Crippen LogP contribution is 2.32. The Bertz CT molecular complexity index is 1850. The van der Waals surface area contributed by atoms with Gasteiger partial charge in [0.2, 0.25) is 0 Å². The lowest BCUT2D eigenvalue weighted by molar-refractivity contribution is -0.153. The van der Waals surface area contributed by atoms with Crippen molar-refractivity contribution in [3.05, 3.63) is 77.7 Å². The van der Waals surface area contributed by atoms with Crippen LogP contribution in [0.4, 0.5) is 0 Å². The molecule has 240 valence electrons. The van der Waals surface area contributed by atoms with E-state index in [1.54, 1.807) is 21.3 Å². The van der Waals surface area contributed by atoms with Crippen LogP contribution in [0.3, 0.4) is 0 Å². The van der Waals surface area contributed by atoms with Gasteiger partial charge in [0.15, 0.2) is 0 Å². The minimum Gasteiger partial charge on any atom is -0.469 e. The van der Waals surface area contributed by atoms with Crippen molar-refractivity contribution in [3.8, 4) is 0 Å². The summed E-state index contributed by atoms with van der Waals surface area (Å²) >= 11 is 6.79. The van der Waals surface area contributed by atoms with Crippen LogP contribution >= 0.6 is 31.9 Å². The van der Waals surface area contributed by atoms with Crippen molar-refractivity contribution >= 4 is 59.6 Å². The van der Waals surface area contributed by atoms with Crippen LogP contribution in [0.2, 0.25) is 0 Å². The third-order valence-electron chi connectivity index (χ3n) is 8.78. The Morgan fingerprint density at radius 2 is 1.40 bits per heavy atom. The fourth-order valence-corrected chi connectivity index (χ4v) is 6.63. The van der Waals surface area contributed by atoms with E-state index >= 15 is 0 Å². The van der Waals surface area contributed by atoms with Crippen LogP contribution in [0, 0.1) is 10.8 Å². The number of ether oxygens (including phenoxy) is 2. The lowest BCUT2D eigenvalue weighted by atomic mass is 9.82. The molecule has 2 aromatic carbocycles. The van der Waals surface area contributed by atoms with Crippen LogP contribution in [0.5, 0.6) is 0 Å². The number of benzene rings is 2. The number of aliphatic hydroxyl groups excluding tert-OH is 1. The van der Waals surface area contributed by atoms with Crippen LogP contribution in [0.15, 0.2) is 54.9 Å². The highest BCUT2D eigenvalue weighted by molar-refractivity contribution is 9.10. The van der Waals surface area contributed by atoms with E-state index in [1.165, 1.54) is 20.0 Å². The maximum Gasteiger partial charge on any atom is 0.313 e. The number of aliphatic hydroxyl groups is 1. The van der Waals surface area contributed by atoms with Gasteiger partial charge in [-0.3, -0.25) is 23.5 Å². The minimum absolute atomic E-state index is 0.00752. The van der Waals surface area contributed by atoms with Gasteiger partial charge in [0.25, 0.3) is 11.1 Å². The Morgan fingerprint density at radius 3 is 1.87 bits per heavy atom. The number of hydrogen-bond donors (Lipinski definition) is 1. The number of methoxy groups -OCH3 is 1. The molecule has 2 aromatic heterocycles. The fourth-order valence-electron chi connectivity index (χ4n) is 5.93. The van der Waals surface area contributed by atoms with E-state index in [-0.39, 0.29) is 29.1 Å². The smallest absolute Gasteiger partial charge is 0.313 e. The van der Waals surface area contributed by atoms with E-state index < -0.39 is 5.41 Å². The SMILES string of the molecule is C1CCOC1.CC1(CO)CCc2nc3cc(Br)ccc3c(=O)n2C1.COC(=O)C1(C)CCc2nc3cc(Br)ccc3c(=O)n2C1. The summed E-state index contributed by atoms with van der Waals surface area (Å²) in [7, 11) is 1.38. The van der Waals surface area contributed by atoms with Crippen LogP contribution < -0.4 is 11.1 Å². The van der Waals surface area contributed by atoms with Crippen molar-refractivity contribution in [2.24, 2.45) is 10.8 Å². The van der Waals surface area contributed by atoms with Gasteiger partial charge in [0, 0.05) is 53.5 Å². The van der Waals surface area contributed by atoms with Gasteiger partial charge < -0.3 is 14.6 Å². The van der Waals surface area contributed by atoms with Crippen molar-refractivity contribution in [2.75, 3.05) is 26.9 Å². The van der Waals surface area contributed by atoms with E-state index in [0.717, 1.165) is 52.2 Å². The third kappa shape index (κ3) is 7.24. The first-order valence-corrected chi connectivity index (χ1v) is 16.7. The summed E-state index contributed by atoms with van der Waals surface area (Å²) in [5, 5.41) is 10.7. The van der Waals surface area contributed by atoms with Crippen molar-refractivity contribution in [3.63, 3.8) is 0 Å². The normalized spacial score (nSPS) is 22.0. The Kier molecular flexibility index (Phi) is 10.3. The largest absolute Gasteiger partial charge is 0.469 e. The summed E-state index contributed by atoms with van der Waals surface area (Å²) in [5.41, 5.74) is 0.419. The molecular formula is C33H38Br2N4O6. The molecule has 0 radical (unpaired) electrons. The van der Waals surface area contributed by atoms with E-state index in [9.17, 15) is 19.5 Å². The first kappa shape index (κ1) is 33.4. The maximum atomic E-state index is 12.6. The second-order valence-corrected chi connectivity index (χ2v) is 14.3. The maximum absolute atomic E-state index is 12.6. The number of aromatic nitrogens is 4. The van der Waals surface area contributed by atoms with Gasteiger partial charge in [-0.15, -0.1) is 0 Å². The van der Waals surface area contributed by atoms with Gasteiger partial charge in [0.05, 0.1) is 40.9 Å². The molecule has 0 amide bonds. The zero-order valence-electron chi connectivity index (χ0n) is 25.8. The Labute approximate surface area is 278 Å². The molecule has 3 aliphatic rings. The van der Waals surface area contributed by atoms with Crippen molar-refractivity contribution in [1.29, 1.82) is 0 Å². The highest BCUT2D eigenvalue weighted by atomic mass is 79.9. The predicted molar refractivity (Wildman–Crippen MR) is 179 cm³/mol. The highest BCUT2D eigenvalue weighted by Gasteiger charge is 2.39. The standard InChI is InChI=1S/C15H15BrN2O3.C14H15BrN2O2.C4H8O/c1-15(14(20)21-2)6-5-12-17-11-7-9(16)3-4-10(11)13(19)18(12)8-15;1-14(8-18)5-4-12-16-11-6-9(15)2-3-10(11)13(19)17(12)7-14;1-2-4-5-3-1/h3-4,7H,5-6,8H2,1-2H3;2-3,6,18H,4-5,7-8H2,1H3;1-4H2. The van der Waals surface area contributed by atoms with Crippen molar-refractivity contribution in [2.45, 2.75) is 65.5 Å². The van der Waals surface area contributed by atoms with Gasteiger partial charge in [-0.1, -0.05) is 38.8 Å². The molecule has 4 aromatic rings. The number of nitrogens with zero attached hydrogens (tertiary/aromatic N) is 4. The zero-order valence-corrected chi connectivity index (χ0v) is 28.9. The minimum atomic E-state index is -0.670. The summed E-state index contributed by atoms with van der Waals surface area (Å²) in [6.45, 7) is 6.79. The number of hydrogen-bond acceptors (Lipinski definition) is 8. The molecule has 2 unspecified atom stereocenters. The second kappa shape index (κ2) is 13.8. The molecule has 12 heteroatoms. The second-order valence-electron chi connectivity index (χ2n) is 12.5. The molecule has 45 heavy (non-hydrogen) atoms. The molecule has 1 N–H and O–H groups in total. The van der Waals surface area contributed by atoms with Crippen LogP contribution in [-0.2, 0) is 40.2 Å². The fraction of sp³-hybridized carbons (Fsp3) is 0.485. The van der Waals surface area contributed by atoms with Gasteiger partial charge in [-0.2, -0.15) is 0 Å². The van der Waals surface area contributed by atoms with E-state index in [2.05, 4.69) is 41.8 Å². The van der Waals surface area contributed by atoms with Gasteiger partial charge in [-0.05, 0) is 69.0 Å². The van der Waals surface area contributed by atoms with Gasteiger partial charge in [-0.25, -0.2) is 9.97 Å². The first-order valence-electron chi connectivity index (χ1n) is 15.1. The monoisotopic (exact) mass is 744 g/mol. The molecule has 2 atom stereocenters. The number of aryl methyl sites for hydroxylation is 2. The molecule has 0 bridgehead atoms. The van der Waals surface area contributed by atoms with E-state index in [4.69, 9.17) is 9.47 Å². The molecule has 1 fully saturated rings. The molecule has 0 aliphatic carbocycles. The average Bonchev–Trinajstić information content (AvgIpc) is 3.63. The Balaban J connectivity index is 0.000000154. The quantitative estimate of drug-likeness (QED) is 0.278. The van der Waals surface area contributed by atoms with Crippen LogP contribution in [0.1, 0.15) is 51.2 Å². The lowest BCUT2D eigenvalue weighted by Gasteiger charge is -2.33. The third-order valence-corrected chi connectivity index (χ3v) is 9.77. The van der Waals surface area contributed by atoms with Crippen molar-refractivity contribution in [1.82, 2.24) is 19.1 Å². The number of carbonyl (C=O) groups excluding carboxylic acids is 1. The predicted octanol–water partition coefficient (Wildman–Crippen LogP) is 5.19. The zero-order chi connectivity index (χ0) is 32.4. The summed E-state index contributed by atoms with van der Waals surface area (Å²) < 4.78 is 15.0. The average molecular weight is 746 g/mol. The lowest BCUT2D eigenvalue weighted by Crippen LogP contribution is -2.43. The number of rotatable bonds is 2. The molecule has 10 nitrogen and oxygen atoms in total. The number of halogens is 2. The first-order chi connectivity index (χ1) is 21.5. The van der Waals surface area contributed by atoms with Crippen molar-refractivity contribution < 1.29 is 19.4 Å². The number of esters is 1.